The standard InChI is InChI=1S/C21H18ClF5N4O3/c1-3-30-18(10-32)29-31(20(30)33)16-9-17(34-11(2)21(25,26)27)13(8-15(16)24)14(23)7-12-5-4-6-28-19(12)22/h4-9,11,32H,3,10H2,1-2H3/b14-7-/t11-/m0/s1. The number of aromatic nitrogens is 4. The molecule has 0 amide bonds. The fraction of sp³-hybridized carbons (Fsp3) is 0.286. The Kier molecular flexibility index (Phi) is 7.41. The Morgan fingerprint density at radius 3 is 2.62 bits per heavy atom. The summed E-state index contributed by atoms with van der Waals surface area (Å²) in [6.45, 7) is 1.71. The molecule has 1 atom stereocenters. The van der Waals surface area contributed by atoms with Crippen molar-refractivity contribution >= 4 is 23.5 Å². The molecule has 3 aromatic rings. The summed E-state index contributed by atoms with van der Waals surface area (Å²) in [6.07, 6.45) is -5.00. The first-order valence-corrected chi connectivity index (χ1v) is 10.2. The normalized spacial score (nSPS) is 13.3. The molecule has 0 aliphatic heterocycles. The first-order chi connectivity index (χ1) is 16.0. The van der Waals surface area contributed by atoms with Gasteiger partial charge < -0.3 is 9.84 Å². The molecule has 2 heterocycles. The molecule has 0 fully saturated rings. The maximum absolute atomic E-state index is 15.1. The SMILES string of the molecule is CCn1c(CO)nn(-c2cc(O[C@@H](C)C(F)(F)F)c(/C(F)=C/c3cccnc3Cl)cc2F)c1=O. The third kappa shape index (κ3) is 5.12. The summed E-state index contributed by atoms with van der Waals surface area (Å²) in [5, 5.41) is 13.1. The van der Waals surface area contributed by atoms with Crippen LogP contribution in [0.4, 0.5) is 22.0 Å². The van der Waals surface area contributed by atoms with Crippen LogP contribution in [-0.4, -0.2) is 36.7 Å². The van der Waals surface area contributed by atoms with Gasteiger partial charge in [0, 0.05) is 24.4 Å². The van der Waals surface area contributed by atoms with Crippen molar-refractivity contribution in [3.05, 3.63) is 68.9 Å². The van der Waals surface area contributed by atoms with Crippen LogP contribution in [0.15, 0.2) is 35.3 Å². The van der Waals surface area contributed by atoms with Crippen molar-refractivity contribution in [2.24, 2.45) is 0 Å². The van der Waals surface area contributed by atoms with E-state index in [-0.39, 0.29) is 23.1 Å². The van der Waals surface area contributed by atoms with E-state index in [1.165, 1.54) is 18.3 Å². The molecular formula is C21H18ClF5N4O3. The molecule has 0 bridgehead atoms. The van der Waals surface area contributed by atoms with E-state index < -0.39 is 53.2 Å². The minimum atomic E-state index is -4.82. The van der Waals surface area contributed by atoms with Crippen LogP contribution < -0.4 is 10.4 Å². The van der Waals surface area contributed by atoms with Gasteiger partial charge in [-0.1, -0.05) is 17.7 Å². The second kappa shape index (κ2) is 9.94. The molecule has 0 unspecified atom stereocenters. The highest BCUT2D eigenvalue weighted by atomic mass is 35.5. The first kappa shape index (κ1) is 25.4. The largest absolute Gasteiger partial charge is 0.480 e. The Morgan fingerprint density at radius 1 is 1.35 bits per heavy atom. The minimum absolute atomic E-state index is 0.0888. The predicted octanol–water partition coefficient (Wildman–Crippen LogP) is 4.53. The van der Waals surface area contributed by atoms with Gasteiger partial charge in [0.2, 0.25) is 0 Å². The van der Waals surface area contributed by atoms with E-state index in [2.05, 4.69) is 10.1 Å². The second-order valence-electron chi connectivity index (χ2n) is 6.99. The van der Waals surface area contributed by atoms with Gasteiger partial charge in [-0.3, -0.25) is 4.57 Å². The van der Waals surface area contributed by atoms with Crippen molar-refractivity contribution in [2.75, 3.05) is 0 Å². The highest BCUT2D eigenvalue weighted by molar-refractivity contribution is 6.31. The fourth-order valence-corrected chi connectivity index (χ4v) is 3.17. The molecule has 3 rings (SSSR count). The van der Waals surface area contributed by atoms with Crippen molar-refractivity contribution in [1.82, 2.24) is 19.3 Å². The Hall–Kier alpha value is -3.25. The van der Waals surface area contributed by atoms with Crippen LogP contribution in [-0.2, 0) is 13.2 Å². The molecule has 1 aromatic carbocycles. The molecule has 182 valence electrons. The van der Waals surface area contributed by atoms with Crippen LogP contribution in [0.1, 0.15) is 30.8 Å². The summed E-state index contributed by atoms with van der Waals surface area (Å²) in [5.74, 6) is -3.12. The maximum atomic E-state index is 15.1. The molecule has 34 heavy (non-hydrogen) atoms. The fourth-order valence-electron chi connectivity index (χ4n) is 3.00. The van der Waals surface area contributed by atoms with Crippen LogP contribution in [0.25, 0.3) is 17.6 Å². The van der Waals surface area contributed by atoms with Gasteiger partial charge in [-0.25, -0.2) is 18.6 Å². The number of halogens is 6. The zero-order valence-electron chi connectivity index (χ0n) is 17.8. The number of aliphatic hydroxyl groups excluding tert-OH is 1. The number of rotatable bonds is 7. The van der Waals surface area contributed by atoms with E-state index >= 15 is 8.78 Å². The summed E-state index contributed by atoms with van der Waals surface area (Å²) < 4.78 is 76.1. The summed E-state index contributed by atoms with van der Waals surface area (Å²) in [6, 6.07) is 4.17. The summed E-state index contributed by atoms with van der Waals surface area (Å²) in [4.78, 5) is 16.3. The molecule has 0 radical (unpaired) electrons. The van der Waals surface area contributed by atoms with Gasteiger partial charge in [-0.2, -0.15) is 17.9 Å². The number of nitrogens with zero attached hydrogens (tertiary/aromatic N) is 4. The molecule has 0 spiro atoms. The van der Waals surface area contributed by atoms with Gasteiger partial charge >= 0.3 is 11.9 Å². The number of benzene rings is 1. The summed E-state index contributed by atoms with van der Waals surface area (Å²) in [5.41, 5.74) is -2.01. The Bertz CT molecular complexity index is 1290. The van der Waals surface area contributed by atoms with E-state index in [9.17, 15) is 23.1 Å². The van der Waals surface area contributed by atoms with Gasteiger partial charge in [0.1, 0.15) is 34.8 Å². The van der Waals surface area contributed by atoms with Crippen molar-refractivity contribution < 1.29 is 31.8 Å². The molecule has 0 saturated carbocycles. The van der Waals surface area contributed by atoms with Crippen LogP contribution in [0.5, 0.6) is 5.75 Å². The lowest BCUT2D eigenvalue weighted by atomic mass is 10.1. The lowest BCUT2D eigenvalue weighted by Crippen LogP contribution is -2.31. The maximum Gasteiger partial charge on any atom is 0.425 e. The topological polar surface area (TPSA) is 82.2 Å². The van der Waals surface area contributed by atoms with Gasteiger partial charge in [-0.15, -0.1) is 5.10 Å². The molecular weight excluding hydrogens is 487 g/mol. The average Bonchev–Trinajstić information content (AvgIpc) is 3.10. The lowest BCUT2D eigenvalue weighted by molar-refractivity contribution is -0.189. The van der Waals surface area contributed by atoms with E-state index in [0.29, 0.717) is 17.7 Å². The van der Waals surface area contributed by atoms with E-state index in [4.69, 9.17) is 16.3 Å². The third-order valence-corrected chi connectivity index (χ3v) is 5.08. The molecule has 13 heteroatoms. The van der Waals surface area contributed by atoms with E-state index in [1.54, 1.807) is 6.92 Å². The van der Waals surface area contributed by atoms with Gasteiger partial charge in [0.05, 0.1) is 5.56 Å². The molecule has 1 N–H and O–H groups in total. The zero-order chi connectivity index (χ0) is 25.2. The Balaban J connectivity index is 2.21. The zero-order valence-corrected chi connectivity index (χ0v) is 18.5. The van der Waals surface area contributed by atoms with Crippen molar-refractivity contribution in [1.29, 1.82) is 0 Å². The Labute approximate surface area is 194 Å². The lowest BCUT2D eigenvalue weighted by Gasteiger charge is -2.20. The molecule has 0 saturated heterocycles. The number of pyridine rings is 1. The van der Waals surface area contributed by atoms with Gasteiger partial charge in [0.25, 0.3) is 0 Å². The van der Waals surface area contributed by atoms with Crippen molar-refractivity contribution in [3.8, 4) is 11.4 Å². The summed E-state index contributed by atoms with van der Waals surface area (Å²) >= 11 is 5.89. The van der Waals surface area contributed by atoms with Crippen LogP contribution >= 0.6 is 11.6 Å². The molecule has 7 nitrogen and oxygen atoms in total. The van der Waals surface area contributed by atoms with Crippen LogP contribution in [0, 0.1) is 5.82 Å². The second-order valence-corrected chi connectivity index (χ2v) is 7.35. The van der Waals surface area contributed by atoms with Crippen molar-refractivity contribution in [2.45, 2.75) is 39.3 Å². The van der Waals surface area contributed by atoms with E-state index in [0.717, 1.165) is 16.7 Å². The van der Waals surface area contributed by atoms with Gasteiger partial charge in [-0.05, 0) is 32.1 Å². The molecule has 2 aromatic heterocycles. The van der Waals surface area contributed by atoms with E-state index in [1.807, 2.05) is 0 Å². The van der Waals surface area contributed by atoms with Crippen LogP contribution in [0.3, 0.4) is 0 Å². The smallest absolute Gasteiger partial charge is 0.425 e. The monoisotopic (exact) mass is 504 g/mol. The molecule has 0 aliphatic carbocycles. The Morgan fingerprint density at radius 2 is 2.06 bits per heavy atom. The van der Waals surface area contributed by atoms with Gasteiger partial charge in [0.15, 0.2) is 11.9 Å². The van der Waals surface area contributed by atoms with Crippen molar-refractivity contribution in [3.63, 3.8) is 0 Å². The summed E-state index contributed by atoms with van der Waals surface area (Å²) in [7, 11) is 0. The van der Waals surface area contributed by atoms with Crippen LogP contribution in [0.2, 0.25) is 5.15 Å². The number of hydrogen-bond acceptors (Lipinski definition) is 5. The number of hydrogen-bond donors (Lipinski definition) is 1. The average molecular weight is 505 g/mol. The predicted molar refractivity (Wildman–Crippen MR) is 114 cm³/mol. The highest BCUT2D eigenvalue weighted by Crippen LogP contribution is 2.35. The quantitative estimate of drug-likeness (QED) is 0.378. The minimum Gasteiger partial charge on any atom is -0.480 e. The molecule has 0 aliphatic rings. The number of ether oxygens (including phenoxy) is 1. The highest BCUT2D eigenvalue weighted by Gasteiger charge is 2.38. The number of alkyl halides is 3. The first-order valence-electron chi connectivity index (χ1n) is 9.82. The number of aliphatic hydroxyl groups is 1. The third-order valence-electron chi connectivity index (χ3n) is 4.77.